The molecule has 0 aliphatic heterocycles. The highest BCUT2D eigenvalue weighted by Crippen LogP contribution is 1.97. The fourth-order valence-corrected chi connectivity index (χ4v) is 0.825. The average Bonchev–Trinajstić information content (AvgIpc) is 2.02. The molecule has 0 fully saturated rings. The van der Waals surface area contributed by atoms with Crippen molar-refractivity contribution in [2.75, 3.05) is 6.54 Å². The third-order valence-corrected chi connectivity index (χ3v) is 1.88. The maximum atomic E-state index is 11.2. The molecule has 2 atom stereocenters. The molecule has 1 unspecified atom stereocenters. The highest BCUT2D eigenvalue weighted by Gasteiger charge is 2.16. The Morgan fingerprint density at radius 1 is 1.46 bits per heavy atom. The standard InChI is InChI=1S/C9H20N2O2/c1-6(2)8(10)9(13)11-5-4-7(3)12/h6-8,12H,4-5,10H2,1-3H3,(H,11,13)/t7?,8-/m1/s1. The van der Waals surface area contributed by atoms with E-state index in [1.165, 1.54) is 0 Å². The van der Waals surface area contributed by atoms with Crippen LogP contribution < -0.4 is 11.1 Å². The second kappa shape index (κ2) is 5.94. The summed E-state index contributed by atoms with van der Waals surface area (Å²) in [6.07, 6.45) is 0.187. The van der Waals surface area contributed by atoms with Crippen LogP contribution in [0.15, 0.2) is 0 Å². The number of carbonyl (C=O) groups excluding carboxylic acids is 1. The van der Waals surface area contributed by atoms with Crippen molar-refractivity contribution in [3.05, 3.63) is 0 Å². The maximum absolute atomic E-state index is 11.2. The van der Waals surface area contributed by atoms with Crippen molar-refractivity contribution in [3.8, 4) is 0 Å². The van der Waals surface area contributed by atoms with Gasteiger partial charge in [-0.3, -0.25) is 4.79 Å². The molecule has 4 nitrogen and oxygen atoms in total. The Labute approximate surface area is 79.5 Å². The first-order valence-corrected chi connectivity index (χ1v) is 4.66. The van der Waals surface area contributed by atoms with E-state index in [9.17, 15) is 4.79 Å². The molecule has 0 saturated carbocycles. The molecule has 13 heavy (non-hydrogen) atoms. The average molecular weight is 188 g/mol. The van der Waals surface area contributed by atoms with Gasteiger partial charge in [-0.05, 0) is 19.3 Å². The van der Waals surface area contributed by atoms with Gasteiger partial charge in [-0.25, -0.2) is 0 Å². The van der Waals surface area contributed by atoms with Gasteiger partial charge in [-0.1, -0.05) is 13.8 Å². The topological polar surface area (TPSA) is 75.3 Å². The lowest BCUT2D eigenvalue weighted by molar-refractivity contribution is -0.123. The van der Waals surface area contributed by atoms with Crippen LogP contribution >= 0.6 is 0 Å². The summed E-state index contributed by atoms with van der Waals surface area (Å²) in [6.45, 7) is 5.98. The molecule has 4 heteroatoms. The molecular weight excluding hydrogens is 168 g/mol. The van der Waals surface area contributed by atoms with Crippen molar-refractivity contribution in [2.24, 2.45) is 11.7 Å². The lowest BCUT2D eigenvalue weighted by atomic mass is 10.1. The largest absolute Gasteiger partial charge is 0.393 e. The lowest BCUT2D eigenvalue weighted by Gasteiger charge is -2.15. The number of amides is 1. The van der Waals surface area contributed by atoms with Crippen molar-refractivity contribution >= 4 is 5.91 Å². The molecular formula is C9H20N2O2. The minimum absolute atomic E-state index is 0.143. The van der Waals surface area contributed by atoms with E-state index in [0.29, 0.717) is 13.0 Å². The van der Waals surface area contributed by atoms with Crippen molar-refractivity contribution in [3.63, 3.8) is 0 Å². The van der Waals surface area contributed by atoms with E-state index in [2.05, 4.69) is 5.32 Å². The summed E-state index contributed by atoms with van der Waals surface area (Å²) in [7, 11) is 0. The zero-order valence-electron chi connectivity index (χ0n) is 8.58. The van der Waals surface area contributed by atoms with Gasteiger partial charge < -0.3 is 16.2 Å². The summed E-state index contributed by atoms with van der Waals surface area (Å²) in [5, 5.41) is 11.6. The summed E-state index contributed by atoms with van der Waals surface area (Å²) in [4.78, 5) is 11.2. The molecule has 0 aliphatic carbocycles. The highest BCUT2D eigenvalue weighted by atomic mass is 16.3. The molecule has 4 N–H and O–H groups in total. The van der Waals surface area contributed by atoms with Crippen molar-refractivity contribution in [1.29, 1.82) is 0 Å². The van der Waals surface area contributed by atoms with Crippen LogP contribution in [0.2, 0.25) is 0 Å². The van der Waals surface area contributed by atoms with Gasteiger partial charge in [-0.2, -0.15) is 0 Å². The number of nitrogens with one attached hydrogen (secondary N) is 1. The molecule has 1 amide bonds. The lowest BCUT2D eigenvalue weighted by Crippen LogP contribution is -2.44. The number of hydrogen-bond donors (Lipinski definition) is 3. The molecule has 0 spiro atoms. The van der Waals surface area contributed by atoms with Crippen LogP contribution in [0.3, 0.4) is 0 Å². The molecule has 0 heterocycles. The van der Waals surface area contributed by atoms with Gasteiger partial charge in [0.15, 0.2) is 0 Å². The smallest absolute Gasteiger partial charge is 0.237 e. The summed E-state index contributed by atoms with van der Waals surface area (Å²) in [6, 6.07) is -0.450. The Bertz CT molecular complexity index is 158. The summed E-state index contributed by atoms with van der Waals surface area (Å²) in [5.74, 6) is 0.00204. The van der Waals surface area contributed by atoms with Crippen LogP contribution in [0.1, 0.15) is 27.2 Å². The highest BCUT2D eigenvalue weighted by molar-refractivity contribution is 5.81. The number of nitrogens with two attached hydrogens (primary N) is 1. The van der Waals surface area contributed by atoms with Crippen LogP contribution in [-0.4, -0.2) is 29.7 Å². The van der Waals surface area contributed by atoms with Crippen LogP contribution in [0.5, 0.6) is 0 Å². The molecule has 78 valence electrons. The van der Waals surface area contributed by atoms with Crippen molar-refractivity contribution in [1.82, 2.24) is 5.32 Å². The fraction of sp³-hybridized carbons (Fsp3) is 0.889. The van der Waals surface area contributed by atoms with E-state index in [1.807, 2.05) is 13.8 Å². The molecule has 0 aromatic rings. The molecule has 0 rings (SSSR count). The second-order valence-electron chi connectivity index (χ2n) is 3.70. The van der Waals surface area contributed by atoms with Gasteiger partial charge in [0.2, 0.25) is 5.91 Å². The molecule has 0 radical (unpaired) electrons. The second-order valence-corrected chi connectivity index (χ2v) is 3.70. The van der Waals surface area contributed by atoms with Crippen LogP contribution in [0, 0.1) is 5.92 Å². The summed E-state index contributed by atoms with van der Waals surface area (Å²) in [5.41, 5.74) is 5.60. The van der Waals surface area contributed by atoms with E-state index in [-0.39, 0.29) is 17.9 Å². The number of aliphatic hydroxyl groups is 1. The minimum Gasteiger partial charge on any atom is -0.393 e. The Kier molecular flexibility index (Phi) is 5.66. The van der Waals surface area contributed by atoms with E-state index in [0.717, 1.165) is 0 Å². The molecule has 0 saturated heterocycles. The normalized spacial score (nSPS) is 15.5. The van der Waals surface area contributed by atoms with Gasteiger partial charge in [0.25, 0.3) is 0 Å². The Morgan fingerprint density at radius 3 is 2.38 bits per heavy atom. The summed E-state index contributed by atoms with van der Waals surface area (Å²) < 4.78 is 0. The van der Waals surface area contributed by atoms with Gasteiger partial charge in [0.05, 0.1) is 12.1 Å². The molecule has 0 aromatic heterocycles. The monoisotopic (exact) mass is 188 g/mol. The quantitative estimate of drug-likeness (QED) is 0.562. The Morgan fingerprint density at radius 2 is 2.00 bits per heavy atom. The van der Waals surface area contributed by atoms with E-state index in [4.69, 9.17) is 10.8 Å². The van der Waals surface area contributed by atoms with Crippen LogP contribution in [0.25, 0.3) is 0 Å². The Balaban J connectivity index is 3.62. The van der Waals surface area contributed by atoms with Crippen molar-refractivity contribution < 1.29 is 9.90 Å². The maximum Gasteiger partial charge on any atom is 0.237 e. The number of carbonyl (C=O) groups is 1. The molecule has 0 aromatic carbocycles. The van der Waals surface area contributed by atoms with E-state index < -0.39 is 6.04 Å². The van der Waals surface area contributed by atoms with Gasteiger partial charge in [0, 0.05) is 6.54 Å². The zero-order chi connectivity index (χ0) is 10.4. The zero-order valence-corrected chi connectivity index (χ0v) is 8.58. The van der Waals surface area contributed by atoms with Gasteiger partial charge >= 0.3 is 0 Å². The number of hydrogen-bond acceptors (Lipinski definition) is 3. The summed E-state index contributed by atoms with van der Waals surface area (Å²) >= 11 is 0. The minimum atomic E-state index is -0.450. The molecule has 0 bridgehead atoms. The number of aliphatic hydroxyl groups excluding tert-OH is 1. The van der Waals surface area contributed by atoms with E-state index >= 15 is 0 Å². The third kappa shape index (κ3) is 5.60. The first-order valence-electron chi connectivity index (χ1n) is 4.66. The third-order valence-electron chi connectivity index (χ3n) is 1.88. The molecule has 0 aliphatic rings. The van der Waals surface area contributed by atoms with E-state index in [1.54, 1.807) is 6.92 Å². The number of rotatable bonds is 5. The van der Waals surface area contributed by atoms with Crippen molar-refractivity contribution in [2.45, 2.75) is 39.3 Å². The Hall–Kier alpha value is -0.610. The van der Waals surface area contributed by atoms with Gasteiger partial charge in [0.1, 0.15) is 0 Å². The van der Waals surface area contributed by atoms with Gasteiger partial charge in [-0.15, -0.1) is 0 Å². The first kappa shape index (κ1) is 12.4. The van der Waals surface area contributed by atoms with Crippen LogP contribution in [-0.2, 0) is 4.79 Å². The predicted octanol–water partition coefficient (Wildman–Crippen LogP) is -0.143. The first-order chi connectivity index (χ1) is 5.95. The predicted molar refractivity (Wildman–Crippen MR) is 52.1 cm³/mol. The fourth-order valence-electron chi connectivity index (χ4n) is 0.825. The van der Waals surface area contributed by atoms with Crippen LogP contribution in [0.4, 0.5) is 0 Å². The SMILES string of the molecule is CC(O)CCNC(=O)[C@H](N)C(C)C.